The third kappa shape index (κ3) is 7.55. The fourth-order valence-electron chi connectivity index (χ4n) is 3.59. The Morgan fingerprint density at radius 1 is 1.08 bits per heavy atom. The summed E-state index contributed by atoms with van der Waals surface area (Å²) in [5.41, 5.74) is 5.18. The van der Waals surface area contributed by atoms with E-state index in [1.807, 2.05) is 49.5 Å². The molecule has 0 atom stereocenters. The maximum Gasteiger partial charge on any atom is 0.255 e. The molecule has 36 heavy (non-hydrogen) atoms. The molecule has 1 amide bonds. The van der Waals surface area contributed by atoms with E-state index in [0.717, 1.165) is 54.5 Å². The van der Waals surface area contributed by atoms with E-state index < -0.39 is 0 Å². The van der Waals surface area contributed by atoms with Gasteiger partial charge < -0.3 is 15.4 Å². The number of carbonyl (C=O) groups is 1. The number of nitrogens with zero attached hydrogens (tertiary/aromatic N) is 4. The van der Waals surface area contributed by atoms with Crippen molar-refractivity contribution in [1.29, 1.82) is 0 Å². The van der Waals surface area contributed by atoms with Crippen LogP contribution in [0.4, 0.5) is 5.69 Å². The lowest BCUT2D eigenvalue weighted by atomic mass is 10.2. The molecule has 190 valence electrons. The number of hydrogen-bond acceptors (Lipinski definition) is 6. The molecule has 0 saturated heterocycles. The predicted molar refractivity (Wildman–Crippen MR) is 144 cm³/mol. The van der Waals surface area contributed by atoms with Gasteiger partial charge >= 0.3 is 0 Å². The molecule has 0 aliphatic heterocycles. The van der Waals surface area contributed by atoms with Crippen LogP contribution in [-0.2, 0) is 6.54 Å². The summed E-state index contributed by atoms with van der Waals surface area (Å²) in [6.07, 6.45) is 6.66. The highest BCUT2D eigenvalue weighted by Crippen LogP contribution is 2.18. The molecule has 0 bridgehead atoms. The van der Waals surface area contributed by atoms with Gasteiger partial charge in [-0.05, 0) is 81.1 Å². The third-order valence-corrected chi connectivity index (χ3v) is 5.81. The van der Waals surface area contributed by atoms with Crippen molar-refractivity contribution >= 4 is 11.6 Å². The second kappa shape index (κ2) is 13.3. The van der Waals surface area contributed by atoms with E-state index in [1.165, 1.54) is 0 Å². The van der Waals surface area contributed by atoms with Gasteiger partial charge in [0.25, 0.3) is 5.91 Å². The Bertz CT molecular complexity index is 1190. The number of aromatic nitrogens is 3. The van der Waals surface area contributed by atoms with Crippen molar-refractivity contribution in [3.8, 4) is 11.4 Å². The van der Waals surface area contributed by atoms with Crippen LogP contribution in [0.1, 0.15) is 50.2 Å². The second-order valence-electron chi connectivity index (χ2n) is 8.37. The van der Waals surface area contributed by atoms with Crippen LogP contribution in [0.15, 0.2) is 78.3 Å². The number of anilines is 1. The van der Waals surface area contributed by atoms with Gasteiger partial charge in [0.2, 0.25) is 0 Å². The molecule has 0 spiro atoms. The molecule has 1 heterocycles. The summed E-state index contributed by atoms with van der Waals surface area (Å²) in [7, 11) is 1.60. The zero-order valence-electron chi connectivity index (χ0n) is 21.8. The van der Waals surface area contributed by atoms with Crippen LogP contribution in [0.2, 0.25) is 0 Å². The molecule has 0 saturated carbocycles. The number of ether oxygens (including phenoxy) is 1. The monoisotopic (exact) mass is 488 g/mol. The number of benzene rings is 2. The summed E-state index contributed by atoms with van der Waals surface area (Å²) in [4.78, 5) is 14.8. The van der Waals surface area contributed by atoms with E-state index in [-0.39, 0.29) is 5.91 Å². The lowest BCUT2D eigenvalue weighted by Crippen LogP contribution is -2.22. The SMILES string of the molecule is CC/C(=C\C=C(/C)NC(=O)c1ccc(OC)cc1)Nc1cccc(-n2cc(CN(CC)CC)nn2)c1. The third-order valence-electron chi connectivity index (χ3n) is 5.81. The van der Waals surface area contributed by atoms with Gasteiger partial charge in [-0.1, -0.05) is 32.1 Å². The van der Waals surface area contributed by atoms with Crippen molar-refractivity contribution in [3.63, 3.8) is 0 Å². The number of methoxy groups -OCH3 is 1. The van der Waals surface area contributed by atoms with Crippen LogP contribution < -0.4 is 15.4 Å². The lowest BCUT2D eigenvalue weighted by Gasteiger charge is -2.15. The van der Waals surface area contributed by atoms with Crippen molar-refractivity contribution in [2.24, 2.45) is 0 Å². The largest absolute Gasteiger partial charge is 0.497 e. The zero-order chi connectivity index (χ0) is 25.9. The molecule has 0 aliphatic rings. The fraction of sp³-hybridized carbons (Fsp3) is 0.321. The minimum Gasteiger partial charge on any atom is -0.497 e. The Labute approximate surface area is 213 Å². The molecule has 0 radical (unpaired) electrons. The number of rotatable bonds is 12. The first-order valence-corrected chi connectivity index (χ1v) is 12.3. The van der Waals surface area contributed by atoms with Gasteiger partial charge in [0.05, 0.1) is 24.7 Å². The number of hydrogen-bond donors (Lipinski definition) is 2. The standard InChI is InChI=1S/C28H36N6O2/c1-6-23(15-12-21(4)29-28(35)22-13-16-27(36-5)17-14-22)30-24-10-9-11-26(18-24)34-20-25(31-32-34)19-33(7-2)8-3/h9-18,20,30H,6-8,19H2,1-5H3,(H,29,35)/b21-12+,23-15+. The average Bonchev–Trinajstić information content (AvgIpc) is 3.38. The first-order valence-electron chi connectivity index (χ1n) is 12.3. The molecular formula is C28H36N6O2. The Hall–Kier alpha value is -3.91. The number of carbonyl (C=O) groups excluding carboxylic acids is 1. The summed E-state index contributed by atoms with van der Waals surface area (Å²) in [6, 6.07) is 15.1. The summed E-state index contributed by atoms with van der Waals surface area (Å²) in [6.45, 7) is 11.0. The molecule has 0 unspecified atom stereocenters. The summed E-state index contributed by atoms with van der Waals surface area (Å²) < 4.78 is 6.95. The first-order chi connectivity index (χ1) is 17.4. The summed E-state index contributed by atoms with van der Waals surface area (Å²) >= 11 is 0. The number of nitrogens with one attached hydrogen (secondary N) is 2. The maximum atomic E-state index is 12.5. The predicted octanol–water partition coefficient (Wildman–Crippen LogP) is 5.16. The van der Waals surface area contributed by atoms with Gasteiger partial charge in [-0.25, -0.2) is 4.68 Å². The number of amides is 1. The van der Waals surface area contributed by atoms with Gasteiger partial charge in [-0.15, -0.1) is 5.10 Å². The Morgan fingerprint density at radius 2 is 1.83 bits per heavy atom. The molecule has 8 heteroatoms. The molecule has 2 aromatic carbocycles. The molecule has 2 N–H and O–H groups in total. The van der Waals surface area contributed by atoms with Crippen molar-refractivity contribution in [1.82, 2.24) is 25.2 Å². The van der Waals surface area contributed by atoms with E-state index >= 15 is 0 Å². The zero-order valence-corrected chi connectivity index (χ0v) is 21.8. The molecule has 1 aromatic heterocycles. The van der Waals surface area contributed by atoms with Crippen LogP contribution in [-0.4, -0.2) is 46.0 Å². The smallest absolute Gasteiger partial charge is 0.255 e. The van der Waals surface area contributed by atoms with Crippen LogP contribution in [0.5, 0.6) is 5.75 Å². The lowest BCUT2D eigenvalue weighted by molar-refractivity contribution is 0.0966. The molecule has 0 fully saturated rings. The van der Waals surface area contributed by atoms with Crippen molar-refractivity contribution in [2.45, 2.75) is 40.7 Å². The molecule has 3 rings (SSSR count). The Morgan fingerprint density at radius 3 is 2.50 bits per heavy atom. The number of allylic oxidation sites excluding steroid dienone is 4. The normalized spacial score (nSPS) is 12.1. The van der Waals surface area contributed by atoms with E-state index in [1.54, 1.807) is 36.1 Å². The van der Waals surface area contributed by atoms with Crippen molar-refractivity contribution in [3.05, 3.63) is 89.5 Å². The highest BCUT2D eigenvalue weighted by atomic mass is 16.5. The summed E-state index contributed by atoms with van der Waals surface area (Å²) in [5, 5.41) is 15.0. The fourth-order valence-corrected chi connectivity index (χ4v) is 3.59. The van der Waals surface area contributed by atoms with E-state index in [0.29, 0.717) is 11.3 Å². The minimum absolute atomic E-state index is 0.160. The van der Waals surface area contributed by atoms with Crippen LogP contribution in [0.25, 0.3) is 5.69 Å². The highest BCUT2D eigenvalue weighted by Gasteiger charge is 2.08. The molecule has 8 nitrogen and oxygen atoms in total. The second-order valence-corrected chi connectivity index (χ2v) is 8.37. The first kappa shape index (κ1) is 26.7. The van der Waals surface area contributed by atoms with Crippen molar-refractivity contribution in [2.75, 3.05) is 25.5 Å². The minimum atomic E-state index is -0.160. The van der Waals surface area contributed by atoms with Gasteiger partial charge in [0.15, 0.2) is 0 Å². The topological polar surface area (TPSA) is 84.3 Å². The molecular weight excluding hydrogens is 452 g/mol. The van der Waals surface area contributed by atoms with Gasteiger partial charge in [0, 0.05) is 29.2 Å². The van der Waals surface area contributed by atoms with Crippen LogP contribution >= 0.6 is 0 Å². The molecule has 0 aliphatic carbocycles. The Balaban J connectivity index is 1.65. The highest BCUT2D eigenvalue weighted by molar-refractivity contribution is 5.95. The average molecular weight is 489 g/mol. The quantitative estimate of drug-likeness (QED) is 0.343. The van der Waals surface area contributed by atoms with Crippen LogP contribution in [0.3, 0.4) is 0 Å². The van der Waals surface area contributed by atoms with E-state index in [9.17, 15) is 4.79 Å². The van der Waals surface area contributed by atoms with Crippen LogP contribution in [0, 0.1) is 0 Å². The molecule has 3 aromatic rings. The van der Waals surface area contributed by atoms with Gasteiger partial charge in [-0.2, -0.15) is 0 Å². The van der Waals surface area contributed by atoms with E-state index in [4.69, 9.17) is 4.74 Å². The van der Waals surface area contributed by atoms with Gasteiger partial charge in [-0.3, -0.25) is 9.69 Å². The van der Waals surface area contributed by atoms with E-state index in [2.05, 4.69) is 46.6 Å². The summed E-state index contributed by atoms with van der Waals surface area (Å²) in [5.74, 6) is 0.556. The Kier molecular flexibility index (Phi) is 9.82. The van der Waals surface area contributed by atoms with Crippen molar-refractivity contribution < 1.29 is 9.53 Å². The maximum absolute atomic E-state index is 12.5. The van der Waals surface area contributed by atoms with Gasteiger partial charge in [0.1, 0.15) is 5.75 Å².